The number of phosphoric acid groups is 2. The quantitative estimate of drug-likeness (QED) is 0.0169. The maximum absolute atomic E-state index is 13.1. The van der Waals surface area contributed by atoms with Gasteiger partial charge in [-0.2, -0.15) is 0 Å². The average molecular weight is 1470 g/mol. The number of hydrogen-bond donors (Lipinski definition) is 3. The van der Waals surface area contributed by atoms with Gasteiger partial charge < -0.3 is 33.8 Å². The third-order valence-electron chi connectivity index (χ3n) is 16.4. The molecule has 0 radical (unpaired) electrons. The average Bonchev–Trinajstić information content (AvgIpc) is 0.924. The van der Waals surface area contributed by atoms with Crippen molar-refractivity contribution in [3.05, 3.63) is 122 Å². The Labute approximate surface area is 619 Å². The van der Waals surface area contributed by atoms with Crippen molar-refractivity contribution in [2.75, 3.05) is 39.6 Å². The molecule has 0 rings (SSSR count). The van der Waals surface area contributed by atoms with Crippen molar-refractivity contribution >= 4 is 39.5 Å². The van der Waals surface area contributed by atoms with Gasteiger partial charge in [0.1, 0.15) is 19.3 Å². The molecule has 0 aromatic rings. The van der Waals surface area contributed by atoms with Crippen molar-refractivity contribution in [2.24, 2.45) is 0 Å². The lowest BCUT2D eigenvalue weighted by atomic mass is 10.1. The molecule has 102 heavy (non-hydrogen) atoms. The molecule has 0 bridgehead atoms. The summed E-state index contributed by atoms with van der Waals surface area (Å²) < 4.78 is 68.5. The van der Waals surface area contributed by atoms with Crippen LogP contribution >= 0.6 is 15.6 Å². The minimum absolute atomic E-state index is 0.0321. The highest BCUT2D eigenvalue weighted by molar-refractivity contribution is 7.47. The predicted molar refractivity (Wildman–Crippen MR) is 418 cm³/mol. The summed E-state index contributed by atoms with van der Waals surface area (Å²) >= 11 is 0. The van der Waals surface area contributed by atoms with E-state index in [1.165, 1.54) is 83.5 Å². The molecule has 0 amide bonds. The van der Waals surface area contributed by atoms with Crippen LogP contribution in [0.15, 0.2) is 122 Å². The molecule has 0 heterocycles. The lowest BCUT2D eigenvalue weighted by Gasteiger charge is -2.21. The molecule has 0 aromatic carbocycles. The summed E-state index contributed by atoms with van der Waals surface area (Å²) in [4.78, 5) is 72.9. The number of hydrogen-bond acceptors (Lipinski definition) is 15. The summed E-state index contributed by atoms with van der Waals surface area (Å²) in [6.07, 6.45) is 81.9. The van der Waals surface area contributed by atoms with Gasteiger partial charge in [0, 0.05) is 25.7 Å². The van der Waals surface area contributed by atoms with Gasteiger partial charge in [0.05, 0.1) is 26.4 Å². The van der Waals surface area contributed by atoms with Gasteiger partial charge in [0.2, 0.25) is 0 Å². The monoisotopic (exact) mass is 1470 g/mol. The van der Waals surface area contributed by atoms with E-state index in [4.69, 9.17) is 37.0 Å². The second kappa shape index (κ2) is 74.7. The first-order chi connectivity index (χ1) is 49.7. The Morgan fingerprint density at radius 3 is 0.824 bits per heavy atom. The summed E-state index contributed by atoms with van der Waals surface area (Å²) in [5, 5.41) is 10.6. The van der Waals surface area contributed by atoms with Crippen LogP contribution in [0.1, 0.15) is 323 Å². The van der Waals surface area contributed by atoms with E-state index in [0.717, 1.165) is 154 Å². The number of carbonyl (C=O) groups excluding carboxylic acids is 4. The fourth-order valence-corrected chi connectivity index (χ4v) is 11.8. The number of aliphatic hydroxyl groups is 1. The Bertz CT molecular complexity index is 2410. The largest absolute Gasteiger partial charge is 0.472 e. The Morgan fingerprint density at radius 1 is 0.275 bits per heavy atom. The van der Waals surface area contributed by atoms with Gasteiger partial charge in [-0.05, 0) is 154 Å². The number of unbranched alkanes of at least 4 members (excludes halogenated alkanes) is 28. The van der Waals surface area contributed by atoms with Gasteiger partial charge in [0.25, 0.3) is 0 Å². The van der Waals surface area contributed by atoms with Crippen LogP contribution in [0.5, 0.6) is 0 Å². The van der Waals surface area contributed by atoms with E-state index in [1.807, 2.05) is 18.2 Å². The summed E-state index contributed by atoms with van der Waals surface area (Å²) in [5.41, 5.74) is 0. The molecule has 0 saturated heterocycles. The first-order valence-electron chi connectivity index (χ1n) is 39.8. The lowest BCUT2D eigenvalue weighted by Crippen LogP contribution is -2.30. The zero-order valence-corrected chi connectivity index (χ0v) is 65.8. The Morgan fingerprint density at radius 2 is 0.500 bits per heavy atom. The third-order valence-corrected chi connectivity index (χ3v) is 18.3. The molecule has 2 unspecified atom stereocenters. The highest BCUT2D eigenvalue weighted by Crippen LogP contribution is 2.45. The molecule has 17 nitrogen and oxygen atoms in total. The number of phosphoric ester groups is 2. The van der Waals surface area contributed by atoms with E-state index in [1.54, 1.807) is 0 Å². The minimum Gasteiger partial charge on any atom is -0.462 e. The second-order valence-electron chi connectivity index (χ2n) is 26.3. The molecule has 5 atom stereocenters. The number of aliphatic hydroxyl groups excluding tert-OH is 1. The standard InChI is InChI=1S/C83H142O17P2/c1-5-9-13-17-21-25-29-33-36-37-38-39-42-46-50-54-58-62-66-70-83(88)100-78(73-93-80(85)67-63-59-55-51-47-43-32-28-24-20-16-12-8-4)75-97-101(89,90)95-71-77(84)72-96-102(91,92)98-76-79(99-82(87)69-65-61-57-53-49-45-41-35-31-27-23-19-15-11-7-3)74-94-81(86)68-64-60-56-52-48-44-40-34-30-26-22-18-14-10-6-2/h21-23,25-28,32-36,38-41,46,50,58,62,77-79,84H,5-20,24,29-31,37,42-45,47-49,51-57,59-61,63-76H2,1-4H3,(H,89,90)(H,91,92)/b25-21-,26-22-,27-23-,32-28-,36-33-,39-38-,40-34-,41-35-,50-46-,62-58-/t77-,78+,79+/m0/s1. The smallest absolute Gasteiger partial charge is 0.462 e. The van der Waals surface area contributed by atoms with Gasteiger partial charge >= 0.3 is 39.5 Å². The van der Waals surface area contributed by atoms with Crippen molar-refractivity contribution in [2.45, 2.75) is 341 Å². The molecule has 0 aromatic heterocycles. The van der Waals surface area contributed by atoms with E-state index in [0.29, 0.717) is 32.1 Å². The first-order valence-corrected chi connectivity index (χ1v) is 42.8. The molecule has 19 heteroatoms. The van der Waals surface area contributed by atoms with Crippen LogP contribution in [0.25, 0.3) is 0 Å². The third kappa shape index (κ3) is 73.8. The number of esters is 4. The molecule has 0 aliphatic heterocycles. The Hall–Kier alpha value is -4.54. The summed E-state index contributed by atoms with van der Waals surface area (Å²) in [7, 11) is -9.99. The SMILES string of the molecule is CCCCC/C=C\C/C=C\C/C=C\C/C=C\C/C=C\CCC(=O)O[C@H](COC(=O)CCCCCCC/C=C\CCCCCC)COP(=O)(O)OC[C@H](O)COP(=O)(O)OC[C@@H](COC(=O)CCCCCCC/C=C\C/C=C\CCCCC)OC(=O)CCCCCCC/C=C\C/C=C\CCCCC. The molecular weight excluding hydrogens is 1330 g/mol. The summed E-state index contributed by atoms with van der Waals surface area (Å²) in [5.74, 6) is -2.31. The van der Waals surface area contributed by atoms with Gasteiger partial charge in [0.15, 0.2) is 12.2 Å². The summed E-state index contributed by atoms with van der Waals surface area (Å²) in [6, 6.07) is 0. The molecule has 0 aliphatic rings. The van der Waals surface area contributed by atoms with Crippen LogP contribution in [0.3, 0.4) is 0 Å². The van der Waals surface area contributed by atoms with Crippen LogP contribution < -0.4 is 0 Å². The van der Waals surface area contributed by atoms with Crippen LogP contribution in [0, 0.1) is 0 Å². The van der Waals surface area contributed by atoms with Crippen LogP contribution in [-0.2, 0) is 65.4 Å². The van der Waals surface area contributed by atoms with Crippen molar-refractivity contribution < 1.29 is 80.2 Å². The van der Waals surface area contributed by atoms with E-state index < -0.39 is 97.5 Å². The van der Waals surface area contributed by atoms with Gasteiger partial charge in [-0.15, -0.1) is 0 Å². The molecular formula is C83H142O17P2. The number of ether oxygens (including phenoxy) is 4. The Balaban J connectivity index is 5.45. The normalized spacial score (nSPS) is 14.5. The van der Waals surface area contributed by atoms with Crippen LogP contribution in [-0.4, -0.2) is 96.7 Å². The van der Waals surface area contributed by atoms with Crippen LogP contribution in [0.2, 0.25) is 0 Å². The Kier molecular flexibility index (Phi) is 71.4. The number of allylic oxidation sites excluding steroid dienone is 20. The number of carbonyl (C=O) groups is 4. The van der Waals surface area contributed by atoms with Crippen molar-refractivity contribution in [3.8, 4) is 0 Å². The second-order valence-corrected chi connectivity index (χ2v) is 29.2. The summed E-state index contributed by atoms with van der Waals surface area (Å²) in [6.45, 7) is 4.66. The van der Waals surface area contributed by atoms with E-state index in [9.17, 15) is 43.2 Å². The maximum Gasteiger partial charge on any atom is 0.472 e. The fourth-order valence-electron chi connectivity index (χ4n) is 10.3. The van der Waals surface area contributed by atoms with Gasteiger partial charge in [-0.25, -0.2) is 9.13 Å². The number of rotatable bonds is 74. The predicted octanol–water partition coefficient (Wildman–Crippen LogP) is 23.1. The molecule has 0 aliphatic carbocycles. The first kappa shape index (κ1) is 97.5. The fraction of sp³-hybridized carbons (Fsp3) is 0.711. The van der Waals surface area contributed by atoms with Crippen LogP contribution in [0.4, 0.5) is 0 Å². The molecule has 3 N–H and O–H groups in total. The van der Waals surface area contributed by atoms with Crippen molar-refractivity contribution in [1.82, 2.24) is 0 Å². The minimum atomic E-state index is -5.00. The van der Waals surface area contributed by atoms with Crippen molar-refractivity contribution in [1.29, 1.82) is 0 Å². The highest BCUT2D eigenvalue weighted by atomic mass is 31.2. The van der Waals surface area contributed by atoms with E-state index in [2.05, 4.69) is 131 Å². The van der Waals surface area contributed by atoms with Crippen molar-refractivity contribution in [3.63, 3.8) is 0 Å². The van der Waals surface area contributed by atoms with Gasteiger partial charge in [-0.1, -0.05) is 265 Å². The van der Waals surface area contributed by atoms with E-state index >= 15 is 0 Å². The highest BCUT2D eigenvalue weighted by Gasteiger charge is 2.30. The molecule has 0 saturated carbocycles. The zero-order chi connectivity index (χ0) is 74.6. The topological polar surface area (TPSA) is 237 Å². The molecule has 586 valence electrons. The van der Waals surface area contributed by atoms with E-state index in [-0.39, 0.29) is 25.7 Å². The zero-order valence-electron chi connectivity index (χ0n) is 64.0. The maximum atomic E-state index is 13.1. The molecule has 0 spiro atoms. The van der Waals surface area contributed by atoms with Gasteiger partial charge in [-0.3, -0.25) is 37.3 Å². The molecule has 0 fully saturated rings. The lowest BCUT2D eigenvalue weighted by molar-refractivity contribution is -0.161.